The lowest BCUT2D eigenvalue weighted by Crippen LogP contribution is -2.46. The van der Waals surface area contributed by atoms with Crippen molar-refractivity contribution in [3.8, 4) is 5.69 Å². The monoisotopic (exact) mass is 301 g/mol. The van der Waals surface area contributed by atoms with E-state index in [0.717, 1.165) is 11.4 Å². The highest BCUT2D eigenvalue weighted by Crippen LogP contribution is 2.31. The van der Waals surface area contributed by atoms with Crippen molar-refractivity contribution in [2.75, 3.05) is 25.1 Å². The van der Waals surface area contributed by atoms with Crippen LogP contribution in [0.25, 0.3) is 5.69 Å². The van der Waals surface area contributed by atoms with Crippen LogP contribution in [0.4, 0.5) is 5.69 Å². The number of rotatable bonds is 4. The molecule has 0 aliphatic carbocycles. The largest absolute Gasteiger partial charge is 0.381 e. The Bertz CT molecular complexity index is 618. The lowest BCUT2D eigenvalue weighted by Gasteiger charge is -2.34. The van der Waals surface area contributed by atoms with Crippen LogP contribution in [-0.2, 0) is 9.53 Å². The van der Waals surface area contributed by atoms with E-state index in [1.165, 1.54) is 4.80 Å². The Morgan fingerprint density at radius 3 is 2.45 bits per heavy atom. The van der Waals surface area contributed by atoms with Gasteiger partial charge in [0.25, 0.3) is 0 Å². The molecule has 1 aliphatic heterocycles. The first-order valence-electron chi connectivity index (χ1n) is 7.30. The summed E-state index contributed by atoms with van der Waals surface area (Å²) in [5, 5.41) is 11.1. The minimum atomic E-state index is -0.527. The molecule has 7 heteroatoms. The fourth-order valence-corrected chi connectivity index (χ4v) is 2.58. The van der Waals surface area contributed by atoms with Crippen LogP contribution in [-0.4, -0.2) is 40.7 Å². The smallest absolute Gasteiger partial charge is 0.232 e. The van der Waals surface area contributed by atoms with Crippen LogP contribution in [0.3, 0.4) is 0 Å². The summed E-state index contributed by atoms with van der Waals surface area (Å²) in [4.78, 5) is 14.1. The molecular formula is C15H19N5O2. The highest BCUT2D eigenvalue weighted by Gasteiger charge is 2.38. The van der Waals surface area contributed by atoms with Crippen LogP contribution < -0.4 is 11.1 Å². The molecule has 0 spiro atoms. The van der Waals surface area contributed by atoms with Gasteiger partial charge in [-0.25, -0.2) is 0 Å². The molecular weight excluding hydrogens is 282 g/mol. The first-order valence-corrected chi connectivity index (χ1v) is 7.30. The summed E-state index contributed by atoms with van der Waals surface area (Å²) in [6, 6.07) is 7.38. The van der Waals surface area contributed by atoms with Gasteiger partial charge in [-0.3, -0.25) is 4.79 Å². The zero-order chi connectivity index (χ0) is 15.4. The van der Waals surface area contributed by atoms with E-state index >= 15 is 0 Å². The molecule has 2 heterocycles. The second-order valence-electron chi connectivity index (χ2n) is 5.42. The maximum Gasteiger partial charge on any atom is 0.232 e. The predicted octanol–water partition coefficient (Wildman–Crippen LogP) is 0.961. The topological polar surface area (TPSA) is 95.1 Å². The number of aromatic nitrogens is 3. The van der Waals surface area contributed by atoms with Crippen LogP contribution >= 0.6 is 0 Å². The predicted molar refractivity (Wildman–Crippen MR) is 81.5 cm³/mol. The number of hydrogen-bond donors (Lipinski definition) is 2. The van der Waals surface area contributed by atoms with E-state index in [-0.39, 0.29) is 5.91 Å². The molecule has 0 saturated carbocycles. The lowest BCUT2D eigenvalue weighted by atomic mass is 9.79. The first-order chi connectivity index (χ1) is 10.7. The molecule has 0 radical (unpaired) electrons. The van der Waals surface area contributed by atoms with Crippen molar-refractivity contribution in [2.24, 2.45) is 11.1 Å². The van der Waals surface area contributed by atoms with Crippen molar-refractivity contribution >= 4 is 11.6 Å². The molecule has 1 fully saturated rings. The van der Waals surface area contributed by atoms with E-state index in [4.69, 9.17) is 10.5 Å². The molecule has 2 aromatic rings. The van der Waals surface area contributed by atoms with E-state index < -0.39 is 5.41 Å². The van der Waals surface area contributed by atoms with Crippen molar-refractivity contribution in [3.63, 3.8) is 0 Å². The molecule has 7 nitrogen and oxygen atoms in total. The van der Waals surface area contributed by atoms with Crippen LogP contribution in [0.15, 0.2) is 36.7 Å². The number of amides is 1. The Morgan fingerprint density at radius 1 is 1.23 bits per heavy atom. The lowest BCUT2D eigenvalue weighted by molar-refractivity contribution is -0.130. The van der Waals surface area contributed by atoms with E-state index in [0.29, 0.717) is 32.6 Å². The van der Waals surface area contributed by atoms with Gasteiger partial charge in [0, 0.05) is 25.4 Å². The number of benzene rings is 1. The fourth-order valence-electron chi connectivity index (χ4n) is 2.58. The van der Waals surface area contributed by atoms with Crippen LogP contribution in [0, 0.1) is 5.41 Å². The van der Waals surface area contributed by atoms with Crippen LogP contribution in [0.2, 0.25) is 0 Å². The highest BCUT2D eigenvalue weighted by molar-refractivity contribution is 5.95. The maximum atomic E-state index is 12.6. The van der Waals surface area contributed by atoms with Gasteiger partial charge < -0.3 is 15.8 Å². The molecule has 0 atom stereocenters. The SMILES string of the molecule is NCC1(C(=O)Nc2ccc(-n3nccn3)cc2)CCOCC1. The number of anilines is 1. The summed E-state index contributed by atoms with van der Waals surface area (Å²) in [7, 11) is 0. The van der Waals surface area contributed by atoms with E-state index in [9.17, 15) is 4.79 Å². The molecule has 1 aliphatic rings. The first kappa shape index (κ1) is 14.7. The average molecular weight is 301 g/mol. The molecule has 22 heavy (non-hydrogen) atoms. The molecule has 3 rings (SSSR count). The van der Waals surface area contributed by atoms with Gasteiger partial charge in [-0.1, -0.05) is 0 Å². The van der Waals surface area contributed by atoms with Gasteiger partial charge in [-0.15, -0.1) is 0 Å². The van der Waals surface area contributed by atoms with Gasteiger partial charge in [-0.2, -0.15) is 15.0 Å². The van der Waals surface area contributed by atoms with Gasteiger partial charge >= 0.3 is 0 Å². The van der Waals surface area contributed by atoms with Crippen molar-refractivity contribution in [1.82, 2.24) is 15.0 Å². The summed E-state index contributed by atoms with van der Waals surface area (Å²) in [6.07, 6.45) is 4.55. The molecule has 1 aromatic carbocycles. The van der Waals surface area contributed by atoms with Gasteiger partial charge in [0.2, 0.25) is 5.91 Å². The number of carbonyl (C=O) groups excluding carboxylic acids is 1. The molecule has 3 N–H and O–H groups in total. The Hall–Kier alpha value is -2.25. The van der Waals surface area contributed by atoms with Crippen LogP contribution in [0.5, 0.6) is 0 Å². The molecule has 116 valence electrons. The minimum Gasteiger partial charge on any atom is -0.381 e. The van der Waals surface area contributed by atoms with Crippen molar-refractivity contribution in [1.29, 1.82) is 0 Å². The van der Waals surface area contributed by atoms with E-state index in [1.54, 1.807) is 12.4 Å². The van der Waals surface area contributed by atoms with E-state index in [2.05, 4.69) is 15.5 Å². The Morgan fingerprint density at radius 2 is 1.86 bits per heavy atom. The van der Waals surface area contributed by atoms with Gasteiger partial charge in [0.05, 0.1) is 23.5 Å². The number of nitrogens with two attached hydrogens (primary N) is 1. The number of carbonyl (C=O) groups is 1. The third kappa shape index (κ3) is 2.86. The van der Waals surface area contributed by atoms with Gasteiger partial charge in [0.1, 0.15) is 0 Å². The van der Waals surface area contributed by atoms with Gasteiger partial charge in [0.15, 0.2) is 0 Å². The summed E-state index contributed by atoms with van der Waals surface area (Å²) >= 11 is 0. The van der Waals surface area contributed by atoms with Crippen molar-refractivity contribution in [2.45, 2.75) is 12.8 Å². The van der Waals surface area contributed by atoms with Gasteiger partial charge in [-0.05, 0) is 37.1 Å². The number of nitrogens with zero attached hydrogens (tertiary/aromatic N) is 3. The minimum absolute atomic E-state index is 0.0386. The molecule has 0 unspecified atom stereocenters. The van der Waals surface area contributed by atoms with Crippen molar-refractivity contribution < 1.29 is 9.53 Å². The zero-order valence-corrected chi connectivity index (χ0v) is 12.2. The highest BCUT2D eigenvalue weighted by atomic mass is 16.5. The zero-order valence-electron chi connectivity index (χ0n) is 12.2. The Labute approximate surface area is 128 Å². The average Bonchev–Trinajstić information content (AvgIpc) is 3.10. The summed E-state index contributed by atoms with van der Waals surface area (Å²) < 4.78 is 5.33. The molecule has 1 amide bonds. The molecule has 1 aromatic heterocycles. The normalized spacial score (nSPS) is 17.1. The quantitative estimate of drug-likeness (QED) is 0.877. The molecule has 1 saturated heterocycles. The summed E-state index contributed by atoms with van der Waals surface area (Å²) in [5.41, 5.74) is 6.89. The number of hydrogen-bond acceptors (Lipinski definition) is 5. The standard InChI is InChI=1S/C15H19N5O2/c16-11-15(5-9-22-10-6-15)14(21)19-12-1-3-13(4-2-12)20-17-7-8-18-20/h1-4,7-8H,5-6,9-11,16H2,(H,19,21). The third-order valence-corrected chi connectivity index (χ3v) is 4.10. The summed E-state index contributed by atoms with van der Waals surface area (Å²) in [6.45, 7) is 1.49. The Balaban J connectivity index is 1.71. The van der Waals surface area contributed by atoms with Crippen LogP contribution in [0.1, 0.15) is 12.8 Å². The second kappa shape index (κ2) is 6.25. The maximum absolute atomic E-state index is 12.6. The van der Waals surface area contributed by atoms with E-state index in [1.807, 2.05) is 24.3 Å². The molecule has 0 bridgehead atoms. The Kier molecular flexibility index (Phi) is 4.17. The number of ether oxygens (including phenoxy) is 1. The summed E-state index contributed by atoms with van der Waals surface area (Å²) in [5.74, 6) is -0.0386. The number of nitrogens with one attached hydrogen (secondary N) is 1. The third-order valence-electron chi connectivity index (χ3n) is 4.10. The second-order valence-corrected chi connectivity index (χ2v) is 5.42. The fraction of sp³-hybridized carbons (Fsp3) is 0.400. The van der Waals surface area contributed by atoms with Crippen molar-refractivity contribution in [3.05, 3.63) is 36.7 Å².